The number of hydrogen-bond donors (Lipinski definition) is 0. The van der Waals surface area contributed by atoms with Gasteiger partial charge in [0.15, 0.2) is 0 Å². The van der Waals surface area contributed by atoms with E-state index in [2.05, 4.69) is 5.10 Å². The van der Waals surface area contributed by atoms with E-state index in [0.717, 1.165) is 12.1 Å². The van der Waals surface area contributed by atoms with Crippen molar-refractivity contribution >= 4 is 11.6 Å². The van der Waals surface area contributed by atoms with Crippen molar-refractivity contribution < 1.29 is 4.79 Å². The highest BCUT2D eigenvalue weighted by Crippen LogP contribution is 1.93. The summed E-state index contributed by atoms with van der Waals surface area (Å²) in [5.41, 5.74) is 0.981. The third kappa shape index (κ3) is 3.75. The van der Waals surface area contributed by atoms with Gasteiger partial charge >= 0.3 is 0 Å². The molecule has 0 unspecified atom stereocenters. The van der Waals surface area contributed by atoms with Crippen LogP contribution in [0.3, 0.4) is 0 Å². The van der Waals surface area contributed by atoms with Crippen molar-refractivity contribution in [1.29, 1.82) is 0 Å². The van der Waals surface area contributed by atoms with Crippen LogP contribution in [0, 0.1) is 0 Å². The number of carbonyl (C=O) groups excluding carboxylic acids is 1. The summed E-state index contributed by atoms with van der Waals surface area (Å²) in [6, 6.07) is 0. The van der Waals surface area contributed by atoms with Crippen LogP contribution in [-0.2, 0) is 4.79 Å². The standard InChI is InChI=1S/C8H16N2O/c1-5-7(3)9-10(4)8(11)6-2/h5-6H2,1-4H3/b9-7-. The average molecular weight is 156 g/mol. The van der Waals surface area contributed by atoms with Gasteiger partial charge in [-0.3, -0.25) is 4.79 Å². The van der Waals surface area contributed by atoms with Crippen LogP contribution in [0.15, 0.2) is 5.10 Å². The molecule has 0 aliphatic heterocycles. The van der Waals surface area contributed by atoms with Gasteiger partial charge in [-0.25, -0.2) is 5.01 Å². The zero-order valence-corrected chi connectivity index (χ0v) is 7.72. The highest BCUT2D eigenvalue weighted by atomic mass is 16.2. The van der Waals surface area contributed by atoms with Gasteiger partial charge < -0.3 is 0 Å². The van der Waals surface area contributed by atoms with Gasteiger partial charge in [-0.1, -0.05) is 13.8 Å². The van der Waals surface area contributed by atoms with Gasteiger partial charge in [0.1, 0.15) is 0 Å². The van der Waals surface area contributed by atoms with E-state index in [-0.39, 0.29) is 5.91 Å². The Morgan fingerprint density at radius 1 is 1.36 bits per heavy atom. The van der Waals surface area contributed by atoms with Gasteiger partial charge in [-0.2, -0.15) is 5.10 Å². The van der Waals surface area contributed by atoms with E-state index in [1.54, 1.807) is 7.05 Å². The molecule has 0 spiro atoms. The average Bonchev–Trinajstić information content (AvgIpc) is 2.02. The highest BCUT2D eigenvalue weighted by Gasteiger charge is 2.02. The summed E-state index contributed by atoms with van der Waals surface area (Å²) in [6.07, 6.45) is 1.40. The van der Waals surface area contributed by atoms with E-state index in [9.17, 15) is 4.79 Å². The molecule has 0 N–H and O–H groups in total. The Labute approximate surface area is 68.1 Å². The van der Waals surface area contributed by atoms with Crippen LogP contribution >= 0.6 is 0 Å². The molecule has 0 saturated carbocycles. The Balaban J connectivity index is 4.04. The summed E-state index contributed by atoms with van der Waals surface area (Å²) in [6.45, 7) is 5.76. The van der Waals surface area contributed by atoms with Crippen molar-refractivity contribution in [3.8, 4) is 0 Å². The van der Waals surface area contributed by atoms with Crippen molar-refractivity contribution in [3.63, 3.8) is 0 Å². The molecule has 0 aliphatic carbocycles. The Morgan fingerprint density at radius 3 is 2.27 bits per heavy atom. The van der Waals surface area contributed by atoms with Crippen LogP contribution in [0.1, 0.15) is 33.6 Å². The first-order chi connectivity index (χ1) is 5.11. The van der Waals surface area contributed by atoms with Gasteiger partial charge in [-0.05, 0) is 13.3 Å². The number of hydrogen-bond acceptors (Lipinski definition) is 2. The van der Waals surface area contributed by atoms with E-state index >= 15 is 0 Å². The summed E-state index contributed by atoms with van der Waals surface area (Å²) in [5.74, 6) is 0.0535. The van der Waals surface area contributed by atoms with Gasteiger partial charge in [0.25, 0.3) is 0 Å². The van der Waals surface area contributed by atoms with Crippen LogP contribution in [0.25, 0.3) is 0 Å². The summed E-state index contributed by atoms with van der Waals surface area (Å²) in [7, 11) is 1.69. The molecular formula is C8H16N2O. The van der Waals surface area contributed by atoms with Crippen molar-refractivity contribution in [2.75, 3.05) is 7.05 Å². The van der Waals surface area contributed by atoms with Gasteiger partial charge in [-0.15, -0.1) is 0 Å². The second kappa shape index (κ2) is 4.88. The molecule has 0 radical (unpaired) electrons. The van der Waals surface area contributed by atoms with Crippen LogP contribution in [0.2, 0.25) is 0 Å². The van der Waals surface area contributed by atoms with Gasteiger partial charge in [0.05, 0.1) is 0 Å². The maximum atomic E-state index is 11.0. The van der Waals surface area contributed by atoms with E-state index in [0.29, 0.717) is 6.42 Å². The third-order valence-electron chi connectivity index (χ3n) is 1.50. The van der Waals surface area contributed by atoms with E-state index in [1.807, 2.05) is 20.8 Å². The van der Waals surface area contributed by atoms with E-state index in [1.165, 1.54) is 5.01 Å². The summed E-state index contributed by atoms with van der Waals surface area (Å²) >= 11 is 0. The number of hydrazone groups is 1. The summed E-state index contributed by atoms with van der Waals surface area (Å²) < 4.78 is 0. The lowest BCUT2D eigenvalue weighted by Crippen LogP contribution is -2.21. The number of carbonyl (C=O) groups is 1. The predicted octanol–water partition coefficient (Wildman–Crippen LogP) is 1.64. The zero-order chi connectivity index (χ0) is 8.85. The molecule has 0 fully saturated rings. The molecule has 0 aromatic rings. The van der Waals surface area contributed by atoms with Crippen molar-refractivity contribution in [3.05, 3.63) is 0 Å². The summed E-state index contributed by atoms with van der Waals surface area (Å²) in [5, 5.41) is 5.47. The maximum Gasteiger partial charge on any atom is 0.242 e. The Bertz CT molecular complexity index is 163. The number of nitrogens with zero attached hydrogens (tertiary/aromatic N) is 2. The van der Waals surface area contributed by atoms with E-state index < -0.39 is 0 Å². The molecule has 0 aromatic heterocycles. The van der Waals surface area contributed by atoms with Crippen molar-refractivity contribution in [1.82, 2.24) is 5.01 Å². The van der Waals surface area contributed by atoms with Crippen LogP contribution in [0.5, 0.6) is 0 Å². The molecule has 11 heavy (non-hydrogen) atoms. The fourth-order valence-electron chi connectivity index (χ4n) is 0.611. The molecule has 3 nitrogen and oxygen atoms in total. The molecule has 1 amide bonds. The molecule has 0 bridgehead atoms. The normalized spacial score (nSPS) is 11.5. The molecule has 0 rings (SSSR count). The predicted molar refractivity (Wildman–Crippen MR) is 46.5 cm³/mol. The first-order valence-electron chi connectivity index (χ1n) is 3.92. The molecule has 3 heteroatoms. The smallest absolute Gasteiger partial charge is 0.242 e. The van der Waals surface area contributed by atoms with Crippen LogP contribution < -0.4 is 0 Å². The number of rotatable bonds is 3. The lowest BCUT2D eigenvalue weighted by Gasteiger charge is -2.10. The maximum absolute atomic E-state index is 11.0. The summed E-state index contributed by atoms with van der Waals surface area (Å²) in [4.78, 5) is 11.0. The Kier molecular flexibility index (Phi) is 4.50. The molecular weight excluding hydrogens is 140 g/mol. The minimum absolute atomic E-state index is 0.0535. The van der Waals surface area contributed by atoms with Crippen molar-refractivity contribution in [2.45, 2.75) is 33.6 Å². The molecule has 0 heterocycles. The number of amides is 1. The highest BCUT2D eigenvalue weighted by molar-refractivity contribution is 5.83. The second-order valence-electron chi connectivity index (χ2n) is 2.46. The SMILES string of the molecule is CCC(=O)N(C)/N=C(/C)CC. The second-order valence-corrected chi connectivity index (χ2v) is 2.46. The quantitative estimate of drug-likeness (QED) is 0.451. The van der Waals surface area contributed by atoms with Crippen LogP contribution in [-0.4, -0.2) is 23.7 Å². The molecule has 0 aromatic carbocycles. The first-order valence-corrected chi connectivity index (χ1v) is 3.92. The van der Waals surface area contributed by atoms with Gasteiger partial charge in [0, 0.05) is 19.2 Å². The fourth-order valence-corrected chi connectivity index (χ4v) is 0.611. The lowest BCUT2D eigenvalue weighted by molar-refractivity contribution is -0.129. The molecule has 0 atom stereocenters. The lowest BCUT2D eigenvalue weighted by atomic mass is 10.3. The largest absolute Gasteiger partial charge is 0.273 e. The van der Waals surface area contributed by atoms with E-state index in [4.69, 9.17) is 0 Å². The van der Waals surface area contributed by atoms with Gasteiger partial charge in [0.2, 0.25) is 5.91 Å². The van der Waals surface area contributed by atoms with Crippen LogP contribution in [0.4, 0.5) is 0 Å². The molecule has 0 aliphatic rings. The Morgan fingerprint density at radius 2 is 1.91 bits per heavy atom. The molecule has 64 valence electrons. The minimum atomic E-state index is 0.0535. The van der Waals surface area contributed by atoms with Crippen molar-refractivity contribution in [2.24, 2.45) is 5.10 Å². The molecule has 0 saturated heterocycles. The minimum Gasteiger partial charge on any atom is -0.273 e. The zero-order valence-electron chi connectivity index (χ0n) is 7.72. The first kappa shape index (κ1) is 10.1. The Hall–Kier alpha value is -0.860. The topological polar surface area (TPSA) is 32.7 Å². The third-order valence-corrected chi connectivity index (χ3v) is 1.50. The monoisotopic (exact) mass is 156 g/mol. The fraction of sp³-hybridized carbons (Fsp3) is 0.750.